The standard InChI is InChI=1S/C12H9ClFN5/c13-8-5-6(14)1-2-7(8)10-11(18-19-12(10)15)9-3-4-16-17-9/h1-5H,(H,16,17)(H3,15,18,19). The van der Waals surface area contributed by atoms with Crippen LogP contribution in [0.4, 0.5) is 10.2 Å². The van der Waals surface area contributed by atoms with Crippen LogP contribution in [-0.2, 0) is 0 Å². The summed E-state index contributed by atoms with van der Waals surface area (Å²) in [5.74, 6) is -0.114. The molecule has 0 aliphatic heterocycles. The smallest absolute Gasteiger partial charge is 0.153 e. The van der Waals surface area contributed by atoms with E-state index in [0.29, 0.717) is 16.8 Å². The first-order valence-electron chi connectivity index (χ1n) is 5.46. The Balaban J connectivity index is 2.22. The van der Waals surface area contributed by atoms with E-state index in [2.05, 4.69) is 20.4 Å². The van der Waals surface area contributed by atoms with Crippen molar-refractivity contribution in [3.63, 3.8) is 0 Å². The Labute approximate surface area is 112 Å². The number of rotatable bonds is 2. The van der Waals surface area contributed by atoms with Gasteiger partial charge in [0.2, 0.25) is 0 Å². The summed E-state index contributed by atoms with van der Waals surface area (Å²) in [6, 6.07) is 5.90. The number of nitrogens with one attached hydrogen (secondary N) is 2. The van der Waals surface area contributed by atoms with E-state index in [9.17, 15) is 4.39 Å². The van der Waals surface area contributed by atoms with E-state index < -0.39 is 5.82 Å². The van der Waals surface area contributed by atoms with Crippen LogP contribution in [0.15, 0.2) is 30.5 Å². The fraction of sp³-hybridized carbons (Fsp3) is 0. The maximum absolute atomic E-state index is 13.1. The third kappa shape index (κ3) is 1.96. The summed E-state index contributed by atoms with van der Waals surface area (Å²) in [6.45, 7) is 0. The van der Waals surface area contributed by atoms with Gasteiger partial charge in [-0.3, -0.25) is 10.2 Å². The van der Waals surface area contributed by atoms with Crippen LogP contribution in [0, 0.1) is 5.82 Å². The van der Waals surface area contributed by atoms with Gasteiger partial charge in [-0.2, -0.15) is 10.2 Å². The summed E-state index contributed by atoms with van der Waals surface area (Å²) in [5, 5.41) is 13.7. The van der Waals surface area contributed by atoms with Gasteiger partial charge in [-0.25, -0.2) is 4.39 Å². The third-order valence-electron chi connectivity index (χ3n) is 2.76. The summed E-state index contributed by atoms with van der Waals surface area (Å²) in [5.41, 5.74) is 8.47. The van der Waals surface area contributed by atoms with E-state index >= 15 is 0 Å². The molecule has 0 fully saturated rings. The molecule has 3 aromatic rings. The minimum absolute atomic E-state index is 0.272. The van der Waals surface area contributed by atoms with Crippen LogP contribution < -0.4 is 5.73 Å². The molecule has 0 saturated carbocycles. The zero-order valence-corrected chi connectivity index (χ0v) is 10.4. The lowest BCUT2D eigenvalue weighted by atomic mass is 10.0. The van der Waals surface area contributed by atoms with Crippen LogP contribution >= 0.6 is 11.6 Å². The van der Waals surface area contributed by atoms with Gasteiger partial charge < -0.3 is 5.73 Å². The van der Waals surface area contributed by atoms with Gasteiger partial charge >= 0.3 is 0 Å². The lowest BCUT2D eigenvalue weighted by Gasteiger charge is -2.05. The fourth-order valence-corrected chi connectivity index (χ4v) is 2.17. The van der Waals surface area contributed by atoms with Crippen molar-refractivity contribution in [2.24, 2.45) is 0 Å². The van der Waals surface area contributed by atoms with E-state index in [4.69, 9.17) is 17.3 Å². The maximum Gasteiger partial charge on any atom is 0.153 e. The summed E-state index contributed by atoms with van der Waals surface area (Å²) in [7, 11) is 0. The van der Waals surface area contributed by atoms with Crippen LogP contribution in [0.2, 0.25) is 5.02 Å². The zero-order chi connectivity index (χ0) is 13.4. The molecule has 0 radical (unpaired) electrons. The Morgan fingerprint density at radius 3 is 2.74 bits per heavy atom. The molecule has 1 aromatic carbocycles. The van der Waals surface area contributed by atoms with Gasteiger partial charge in [0.25, 0.3) is 0 Å². The molecule has 3 rings (SSSR count). The molecule has 19 heavy (non-hydrogen) atoms. The quantitative estimate of drug-likeness (QED) is 0.673. The molecule has 0 aliphatic carbocycles. The van der Waals surface area contributed by atoms with Gasteiger partial charge in [-0.15, -0.1) is 0 Å². The van der Waals surface area contributed by atoms with Crippen LogP contribution in [-0.4, -0.2) is 20.4 Å². The second-order valence-corrected chi connectivity index (χ2v) is 4.36. The molecule has 5 nitrogen and oxygen atoms in total. The number of nitrogens with zero attached hydrogens (tertiary/aromatic N) is 2. The number of aromatic nitrogens is 4. The second-order valence-electron chi connectivity index (χ2n) is 3.95. The third-order valence-corrected chi connectivity index (χ3v) is 3.08. The average molecular weight is 278 g/mol. The fourth-order valence-electron chi connectivity index (χ4n) is 1.91. The molecule has 4 N–H and O–H groups in total. The van der Waals surface area contributed by atoms with Crippen LogP contribution in [0.1, 0.15) is 0 Å². The molecule has 0 unspecified atom stereocenters. The summed E-state index contributed by atoms with van der Waals surface area (Å²) in [6.07, 6.45) is 1.61. The monoisotopic (exact) mass is 277 g/mol. The second kappa shape index (κ2) is 4.40. The van der Waals surface area contributed by atoms with Crippen molar-refractivity contribution in [3.8, 4) is 22.5 Å². The van der Waals surface area contributed by atoms with Crippen LogP contribution in [0.3, 0.4) is 0 Å². The number of H-pyrrole nitrogens is 2. The number of hydrogen-bond donors (Lipinski definition) is 3. The van der Waals surface area contributed by atoms with Gasteiger partial charge in [-0.05, 0) is 24.3 Å². The van der Waals surface area contributed by atoms with E-state index in [1.165, 1.54) is 12.1 Å². The molecule has 96 valence electrons. The number of hydrogen-bond acceptors (Lipinski definition) is 3. The average Bonchev–Trinajstić information content (AvgIpc) is 2.99. The molecule has 0 atom stereocenters. The number of nitrogen functional groups attached to an aromatic ring is 1. The van der Waals surface area contributed by atoms with E-state index in [1.54, 1.807) is 18.3 Å². The van der Waals surface area contributed by atoms with E-state index in [-0.39, 0.29) is 10.8 Å². The van der Waals surface area contributed by atoms with Crippen LogP contribution in [0.5, 0.6) is 0 Å². The number of halogens is 2. The molecule has 0 aliphatic rings. The molecule has 0 spiro atoms. The minimum atomic E-state index is -0.404. The molecule has 0 amide bonds. The number of anilines is 1. The minimum Gasteiger partial charge on any atom is -0.382 e. The Kier molecular flexibility index (Phi) is 2.72. The highest BCUT2D eigenvalue weighted by Crippen LogP contribution is 2.37. The summed E-state index contributed by atoms with van der Waals surface area (Å²) in [4.78, 5) is 0. The lowest BCUT2D eigenvalue weighted by Crippen LogP contribution is -1.90. The lowest BCUT2D eigenvalue weighted by molar-refractivity contribution is 0.628. The number of aromatic amines is 2. The van der Waals surface area contributed by atoms with Gasteiger partial charge in [0.05, 0.1) is 22.0 Å². The van der Waals surface area contributed by atoms with Crippen molar-refractivity contribution >= 4 is 17.4 Å². The maximum atomic E-state index is 13.1. The Hall–Kier alpha value is -2.34. The molecule has 0 saturated heterocycles. The normalized spacial score (nSPS) is 10.8. The Morgan fingerprint density at radius 1 is 1.21 bits per heavy atom. The first kappa shape index (κ1) is 11.7. The first-order chi connectivity index (χ1) is 9.16. The SMILES string of the molecule is Nc1n[nH]c(-c2ccn[nH]2)c1-c1ccc(F)cc1Cl. The molecular formula is C12H9ClFN5. The number of nitrogens with two attached hydrogens (primary N) is 1. The summed E-state index contributed by atoms with van der Waals surface area (Å²) >= 11 is 6.06. The zero-order valence-electron chi connectivity index (χ0n) is 9.61. The van der Waals surface area contributed by atoms with Crippen molar-refractivity contribution in [2.45, 2.75) is 0 Å². The van der Waals surface area contributed by atoms with Crippen molar-refractivity contribution in [1.29, 1.82) is 0 Å². The van der Waals surface area contributed by atoms with Crippen molar-refractivity contribution in [1.82, 2.24) is 20.4 Å². The van der Waals surface area contributed by atoms with Crippen molar-refractivity contribution in [3.05, 3.63) is 41.3 Å². The summed E-state index contributed by atoms with van der Waals surface area (Å²) < 4.78 is 13.1. The van der Waals surface area contributed by atoms with Gasteiger partial charge in [0, 0.05) is 11.8 Å². The molecule has 2 heterocycles. The van der Waals surface area contributed by atoms with Gasteiger partial charge in [0.1, 0.15) is 5.82 Å². The molecule has 0 bridgehead atoms. The van der Waals surface area contributed by atoms with Gasteiger partial charge in [-0.1, -0.05) is 11.6 Å². The molecular weight excluding hydrogens is 269 g/mol. The van der Waals surface area contributed by atoms with E-state index in [1.807, 2.05) is 0 Å². The van der Waals surface area contributed by atoms with Crippen molar-refractivity contribution in [2.75, 3.05) is 5.73 Å². The first-order valence-corrected chi connectivity index (χ1v) is 5.83. The Bertz CT molecular complexity index is 720. The largest absolute Gasteiger partial charge is 0.382 e. The highest BCUT2D eigenvalue weighted by Gasteiger charge is 2.18. The topological polar surface area (TPSA) is 83.4 Å². The van der Waals surface area contributed by atoms with E-state index in [0.717, 1.165) is 5.69 Å². The Morgan fingerprint density at radius 2 is 2.05 bits per heavy atom. The highest BCUT2D eigenvalue weighted by molar-refractivity contribution is 6.33. The highest BCUT2D eigenvalue weighted by atomic mass is 35.5. The molecule has 7 heteroatoms. The van der Waals surface area contributed by atoms with Crippen molar-refractivity contribution < 1.29 is 4.39 Å². The predicted octanol–water partition coefficient (Wildman–Crippen LogP) is 2.84. The van der Waals surface area contributed by atoms with Crippen LogP contribution in [0.25, 0.3) is 22.5 Å². The predicted molar refractivity (Wildman–Crippen MR) is 71.0 cm³/mol. The molecule has 2 aromatic heterocycles. The van der Waals surface area contributed by atoms with Gasteiger partial charge in [0.15, 0.2) is 5.82 Å². The number of benzene rings is 1.